The molecule has 1 aromatic carbocycles. The van der Waals surface area contributed by atoms with Crippen molar-refractivity contribution >= 4 is 16.6 Å². The van der Waals surface area contributed by atoms with E-state index in [9.17, 15) is 0 Å². The summed E-state index contributed by atoms with van der Waals surface area (Å²) in [7, 11) is 2.23. The number of pyridine rings is 1. The summed E-state index contributed by atoms with van der Waals surface area (Å²) in [4.78, 5) is 6.87. The minimum absolute atomic E-state index is 0.653. The zero-order valence-electron chi connectivity index (χ0n) is 11.5. The Morgan fingerprint density at radius 1 is 1.26 bits per heavy atom. The zero-order chi connectivity index (χ0) is 13.1. The molecule has 19 heavy (non-hydrogen) atoms. The van der Waals surface area contributed by atoms with Gasteiger partial charge in [-0.1, -0.05) is 12.5 Å². The van der Waals surface area contributed by atoms with Gasteiger partial charge in [0.1, 0.15) is 0 Å². The third-order valence-electron chi connectivity index (χ3n) is 4.10. The van der Waals surface area contributed by atoms with Gasteiger partial charge >= 0.3 is 0 Å². The number of anilines is 1. The molecule has 1 fully saturated rings. The van der Waals surface area contributed by atoms with Crippen LogP contribution in [0.1, 0.15) is 19.3 Å². The first kappa shape index (κ1) is 12.4. The Balaban J connectivity index is 1.74. The highest BCUT2D eigenvalue weighted by Gasteiger charge is 2.18. The molecule has 0 saturated carbocycles. The number of hydrogen-bond acceptors (Lipinski definition) is 3. The Morgan fingerprint density at radius 2 is 2.21 bits per heavy atom. The predicted octanol–water partition coefficient (Wildman–Crippen LogP) is 3.13. The molecule has 2 heterocycles. The second kappa shape index (κ2) is 5.57. The van der Waals surface area contributed by atoms with Crippen LogP contribution in [0.15, 0.2) is 36.5 Å². The first-order valence-corrected chi connectivity index (χ1v) is 7.12. The first-order valence-electron chi connectivity index (χ1n) is 7.12. The summed E-state index contributed by atoms with van der Waals surface area (Å²) in [6.07, 6.45) is 5.84. The molecule has 100 valence electrons. The predicted molar refractivity (Wildman–Crippen MR) is 80.5 cm³/mol. The summed E-state index contributed by atoms with van der Waals surface area (Å²) in [5, 5.41) is 4.82. The molecule has 1 aliphatic heterocycles. The van der Waals surface area contributed by atoms with Gasteiger partial charge in [-0.3, -0.25) is 4.98 Å². The third kappa shape index (κ3) is 2.71. The van der Waals surface area contributed by atoms with E-state index in [0.717, 1.165) is 12.1 Å². The van der Waals surface area contributed by atoms with Gasteiger partial charge in [-0.25, -0.2) is 0 Å². The van der Waals surface area contributed by atoms with E-state index in [2.05, 4.69) is 46.5 Å². The Hall–Kier alpha value is -1.61. The van der Waals surface area contributed by atoms with E-state index in [1.54, 1.807) is 0 Å². The van der Waals surface area contributed by atoms with Crippen LogP contribution in [0.25, 0.3) is 10.9 Å². The van der Waals surface area contributed by atoms with Gasteiger partial charge in [-0.05, 0) is 50.7 Å². The van der Waals surface area contributed by atoms with Crippen molar-refractivity contribution in [1.82, 2.24) is 9.88 Å². The molecule has 0 bridgehead atoms. The highest BCUT2D eigenvalue weighted by atomic mass is 15.2. The number of benzene rings is 1. The van der Waals surface area contributed by atoms with Gasteiger partial charge in [0.15, 0.2) is 0 Å². The van der Waals surface area contributed by atoms with Gasteiger partial charge in [0, 0.05) is 29.9 Å². The van der Waals surface area contributed by atoms with Crippen LogP contribution >= 0.6 is 0 Å². The van der Waals surface area contributed by atoms with Crippen molar-refractivity contribution in [1.29, 1.82) is 0 Å². The monoisotopic (exact) mass is 255 g/mol. The summed E-state index contributed by atoms with van der Waals surface area (Å²) in [6, 6.07) is 11.1. The molecular formula is C16H21N3. The lowest BCUT2D eigenvalue weighted by atomic mass is 10.0. The quantitative estimate of drug-likeness (QED) is 0.913. The Labute approximate surface area is 114 Å². The first-order chi connectivity index (χ1) is 9.34. The van der Waals surface area contributed by atoms with Crippen molar-refractivity contribution < 1.29 is 0 Å². The lowest BCUT2D eigenvalue weighted by Crippen LogP contribution is -2.40. The van der Waals surface area contributed by atoms with E-state index in [1.165, 1.54) is 36.9 Å². The molecule has 1 unspecified atom stereocenters. The summed E-state index contributed by atoms with van der Waals surface area (Å²) >= 11 is 0. The number of hydrogen-bond donors (Lipinski definition) is 1. The number of fused-ring (bicyclic) bond motifs is 1. The Kier molecular flexibility index (Phi) is 3.65. The average Bonchev–Trinajstić information content (AvgIpc) is 2.46. The van der Waals surface area contributed by atoms with Crippen molar-refractivity contribution in [2.75, 3.05) is 25.5 Å². The van der Waals surface area contributed by atoms with E-state index >= 15 is 0 Å². The standard InChI is InChI=1S/C16H21N3/c1-19-11-3-2-6-13(19)12-18-16-9-4-8-15-14(16)7-5-10-17-15/h4-5,7-10,13,18H,2-3,6,11-12H2,1H3. The van der Waals surface area contributed by atoms with Crippen LogP contribution in [-0.2, 0) is 0 Å². The fraction of sp³-hybridized carbons (Fsp3) is 0.438. The molecule has 3 nitrogen and oxygen atoms in total. The molecular weight excluding hydrogens is 234 g/mol. The third-order valence-corrected chi connectivity index (χ3v) is 4.10. The topological polar surface area (TPSA) is 28.2 Å². The van der Waals surface area contributed by atoms with Crippen molar-refractivity contribution in [2.24, 2.45) is 0 Å². The van der Waals surface area contributed by atoms with Gasteiger partial charge in [0.25, 0.3) is 0 Å². The highest BCUT2D eigenvalue weighted by molar-refractivity contribution is 5.91. The van der Waals surface area contributed by atoms with Crippen LogP contribution < -0.4 is 5.32 Å². The smallest absolute Gasteiger partial charge is 0.0722 e. The number of nitrogens with zero attached hydrogens (tertiary/aromatic N) is 2. The van der Waals surface area contributed by atoms with Gasteiger partial charge in [0.05, 0.1) is 5.52 Å². The van der Waals surface area contributed by atoms with Crippen LogP contribution in [-0.4, -0.2) is 36.1 Å². The van der Waals surface area contributed by atoms with E-state index < -0.39 is 0 Å². The highest BCUT2D eigenvalue weighted by Crippen LogP contribution is 2.22. The summed E-state index contributed by atoms with van der Waals surface area (Å²) in [5.74, 6) is 0. The Morgan fingerprint density at radius 3 is 3.11 bits per heavy atom. The fourth-order valence-corrected chi connectivity index (χ4v) is 2.89. The summed E-state index contributed by atoms with van der Waals surface area (Å²) < 4.78 is 0. The number of likely N-dealkylation sites (tertiary alicyclic amines) is 1. The summed E-state index contributed by atoms with van der Waals surface area (Å²) in [5.41, 5.74) is 2.26. The fourth-order valence-electron chi connectivity index (χ4n) is 2.89. The molecule has 0 amide bonds. The number of rotatable bonds is 3. The van der Waals surface area contributed by atoms with E-state index in [-0.39, 0.29) is 0 Å². The molecule has 1 aliphatic rings. The molecule has 0 spiro atoms. The maximum absolute atomic E-state index is 4.40. The van der Waals surface area contributed by atoms with Crippen molar-refractivity contribution in [3.8, 4) is 0 Å². The van der Waals surface area contributed by atoms with Gasteiger partial charge in [-0.15, -0.1) is 0 Å². The minimum Gasteiger partial charge on any atom is -0.383 e. The van der Waals surface area contributed by atoms with Gasteiger partial charge < -0.3 is 10.2 Å². The lowest BCUT2D eigenvalue weighted by Gasteiger charge is -2.32. The summed E-state index contributed by atoms with van der Waals surface area (Å²) in [6.45, 7) is 2.24. The van der Waals surface area contributed by atoms with Crippen LogP contribution in [0.5, 0.6) is 0 Å². The Bertz CT molecular complexity index is 547. The molecule has 1 saturated heterocycles. The van der Waals surface area contributed by atoms with E-state index in [1.807, 2.05) is 12.3 Å². The number of aromatic nitrogens is 1. The van der Waals surface area contributed by atoms with E-state index in [4.69, 9.17) is 0 Å². The van der Waals surface area contributed by atoms with Crippen molar-refractivity contribution in [3.05, 3.63) is 36.5 Å². The molecule has 0 aliphatic carbocycles. The van der Waals surface area contributed by atoms with Crippen LogP contribution in [0.4, 0.5) is 5.69 Å². The SMILES string of the molecule is CN1CCCCC1CNc1cccc2ncccc12. The van der Waals surface area contributed by atoms with Gasteiger partial charge in [0.2, 0.25) is 0 Å². The molecule has 1 N–H and O–H groups in total. The molecule has 1 aromatic heterocycles. The molecule has 3 rings (SSSR count). The van der Waals surface area contributed by atoms with E-state index in [0.29, 0.717) is 6.04 Å². The second-order valence-electron chi connectivity index (χ2n) is 5.39. The molecule has 1 atom stereocenters. The maximum atomic E-state index is 4.40. The largest absolute Gasteiger partial charge is 0.383 e. The normalized spacial score (nSPS) is 20.6. The van der Waals surface area contributed by atoms with Crippen LogP contribution in [0.2, 0.25) is 0 Å². The van der Waals surface area contributed by atoms with Crippen LogP contribution in [0.3, 0.4) is 0 Å². The van der Waals surface area contributed by atoms with Crippen molar-refractivity contribution in [2.45, 2.75) is 25.3 Å². The average molecular weight is 255 g/mol. The molecule has 0 radical (unpaired) electrons. The number of nitrogens with one attached hydrogen (secondary N) is 1. The molecule has 2 aromatic rings. The number of piperidine rings is 1. The van der Waals surface area contributed by atoms with Crippen molar-refractivity contribution in [3.63, 3.8) is 0 Å². The minimum atomic E-state index is 0.653. The van der Waals surface area contributed by atoms with Gasteiger partial charge in [-0.2, -0.15) is 0 Å². The maximum Gasteiger partial charge on any atom is 0.0722 e. The lowest BCUT2D eigenvalue weighted by molar-refractivity contribution is 0.195. The molecule has 3 heteroatoms. The second-order valence-corrected chi connectivity index (χ2v) is 5.39. The zero-order valence-corrected chi connectivity index (χ0v) is 11.5. The van der Waals surface area contributed by atoms with Crippen LogP contribution in [0, 0.1) is 0 Å². The number of likely N-dealkylation sites (N-methyl/N-ethyl adjacent to an activating group) is 1.